The van der Waals surface area contributed by atoms with Crippen LogP contribution in [0.3, 0.4) is 0 Å². The molecule has 4 rings (SSSR count). The third-order valence-electron chi connectivity index (χ3n) is 4.80. The van der Waals surface area contributed by atoms with Crippen molar-refractivity contribution < 1.29 is 17.2 Å². The fourth-order valence-electron chi connectivity index (χ4n) is 3.15. The van der Waals surface area contributed by atoms with E-state index in [0.717, 1.165) is 4.31 Å². The minimum Gasteiger partial charge on any atom is -0.399 e. The summed E-state index contributed by atoms with van der Waals surface area (Å²) in [6.07, 6.45) is 0. The summed E-state index contributed by atoms with van der Waals surface area (Å²) in [6, 6.07) is 15.8. The van der Waals surface area contributed by atoms with E-state index in [0.29, 0.717) is 11.3 Å². The van der Waals surface area contributed by atoms with Crippen molar-refractivity contribution in [2.24, 2.45) is 0 Å². The van der Waals surface area contributed by atoms with Gasteiger partial charge in [-0.2, -0.15) is 9.52 Å². The molecule has 0 saturated carbocycles. The van der Waals surface area contributed by atoms with Crippen LogP contribution in [0.5, 0.6) is 0 Å². The standard InChI is InChI=1S/C21H18F2N6O2S/c22-19-4-2-1-3-15(19)13-29(32(30,31)17-8-6-16(24)7-9-17)12-14-5-10-18(20(23)11-14)21-25-27-28-26-21/h1-11H,12-13,24H2,(H,25,26,27,28). The number of hydrogen-bond donors (Lipinski definition) is 2. The Morgan fingerprint density at radius 3 is 2.34 bits per heavy atom. The molecule has 0 saturated heterocycles. The van der Waals surface area contributed by atoms with E-state index in [9.17, 15) is 17.2 Å². The highest BCUT2D eigenvalue weighted by Gasteiger charge is 2.26. The predicted molar refractivity (Wildman–Crippen MR) is 113 cm³/mol. The highest BCUT2D eigenvalue weighted by atomic mass is 32.2. The van der Waals surface area contributed by atoms with E-state index in [-0.39, 0.29) is 34.9 Å². The quantitative estimate of drug-likeness (QED) is 0.413. The maximum Gasteiger partial charge on any atom is 0.243 e. The average Bonchev–Trinajstić information content (AvgIpc) is 3.30. The molecule has 3 aromatic carbocycles. The zero-order chi connectivity index (χ0) is 22.7. The van der Waals surface area contributed by atoms with Crippen LogP contribution in [0.4, 0.5) is 14.5 Å². The Bertz CT molecular complexity index is 1330. The molecular weight excluding hydrogens is 438 g/mol. The number of benzene rings is 3. The number of hydrogen-bond acceptors (Lipinski definition) is 6. The topological polar surface area (TPSA) is 118 Å². The number of H-pyrrole nitrogens is 1. The van der Waals surface area contributed by atoms with Crippen LogP contribution in [0.1, 0.15) is 11.1 Å². The number of halogens is 2. The molecule has 4 aromatic rings. The zero-order valence-electron chi connectivity index (χ0n) is 16.6. The van der Waals surface area contributed by atoms with E-state index >= 15 is 0 Å². The van der Waals surface area contributed by atoms with Crippen molar-refractivity contribution in [3.63, 3.8) is 0 Å². The van der Waals surface area contributed by atoms with E-state index < -0.39 is 21.7 Å². The second kappa shape index (κ2) is 8.81. The van der Waals surface area contributed by atoms with Gasteiger partial charge < -0.3 is 5.73 Å². The molecular formula is C21H18F2N6O2S. The van der Waals surface area contributed by atoms with Crippen LogP contribution in [-0.4, -0.2) is 33.3 Å². The van der Waals surface area contributed by atoms with E-state index in [2.05, 4.69) is 20.6 Å². The SMILES string of the molecule is Nc1ccc(S(=O)(=O)N(Cc2ccc(-c3nn[nH]n3)c(F)c2)Cc2ccccc2F)cc1. The fourth-order valence-corrected chi connectivity index (χ4v) is 4.56. The maximum atomic E-state index is 14.7. The van der Waals surface area contributed by atoms with Gasteiger partial charge in [0.1, 0.15) is 11.6 Å². The minimum absolute atomic E-state index is 0.00747. The fraction of sp³-hybridized carbons (Fsp3) is 0.0952. The second-order valence-corrected chi connectivity index (χ2v) is 8.92. The van der Waals surface area contributed by atoms with Gasteiger partial charge in [0.15, 0.2) is 0 Å². The van der Waals surface area contributed by atoms with Gasteiger partial charge in [0.05, 0.1) is 10.5 Å². The second-order valence-electron chi connectivity index (χ2n) is 6.98. The molecule has 1 heterocycles. The Labute approximate surface area is 182 Å². The molecule has 32 heavy (non-hydrogen) atoms. The van der Waals surface area contributed by atoms with Gasteiger partial charge >= 0.3 is 0 Å². The monoisotopic (exact) mass is 456 g/mol. The number of aromatic nitrogens is 4. The highest BCUT2D eigenvalue weighted by molar-refractivity contribution is 7.89. The van der Waals surface area contributed by atoms with E-state index in [1.54, 1.807) is 12.1 Å². The lowest BCUT2D eigenvalue weighted by molar-refractivity contribution is 0.393. The van der Waals surface area contributed by atoms with Crippen LogP contribution in [0.2, 0.25) is 0 Å². The molecule has 0 spiro atoms. The largest absolute Gasteiger partial charge is 0.399 e. The van der Waals surface area contributed by atoms with Crippen LogP contribution in [-0.2, 0) is 23.1 Å². The Morgan fingerprint density at radius 2 is 1.69 bits per heavy atom. The number of sulfonamides is 1. The number of nitrogens with one attached hydrogen (secondary N) is 1. The normalized spacial score (nSPS) is 11.7. The lowest BCUT2D eigenvalue weighted by Gasteiger charge is -2.23. The Kier molecular flexibility index (Phi) is 5.93. The van der Waals surface area contributed by atoms with Gasteiger partial charge in [0, 0.05) is 24.3 Å². The predicted octanol–water partition coefficient (Wildman–Crippen LogP) is 3.12. The molecule has 0 atom stereocenters. The van der Waals surface area contributed by atoms with Crippen LogP contribution in [0, 0.1) is 11.6 Å². The summed E-state index contributed by atoms with van der Waals surface area (Å²) < 4.78 is 56.7. The first kappa shape index (κ1) is 21.5. The smallest absolute Gasteiger partial charge is 0.243 e. The average molecular weight is 456 g/mol. The lowest BCUT2D eigenvalue weighted by Crippen LogP contribution is -2.30. The first-order chi connectivity index (χ1) is 15.3. The number of aromatic amines is 1. The van der Waals surface area contributed by atoms with E-state index in [4.69, 9.17) is 5.73 Å². The third-order valence-corrected chi connectivity index (χ3v) is 6.61. The Hall–Kier alpha value is -3.70. The van der Waals surface area contributed by atoms with Gasteiger partial charge in [-0.25, -0.2) is 17.2 Å². The van der Waals surface area contributed by atoms with Crippen LogP contribution in [0.25, 0.3) is 11.4 Å². The van der Waals surface area contributed by atoms with Crippen molar-refractivity contribution in [2.75, 3.05) is 5.73 Å². The third kappa shape index (κ3) is 4.48. The van der Waals surface area contributed by atoms with Gasteiger partial charge in [0.2, 0.25) is 15.8 Å². The Morgan fingerprint density at radius 1 is 0.938 bits per heavy atom. The summed E-state index contributed by atoms with van der Waals surface area (Å²) in [5.74, 6) is -1.10. The van der Waals surface area contributed by atoms with Crippen LogP contribution in [0.15, 0.2) is 71.6 Å². The molecule has 0 amide bonds. The summed E-state index contributed by atoms with van der Waals surface area (Å²) in [6.45, 7) is -0.432. The van der Waals surface area contributed by atoms with Gasteiger partial charge in [0.25, 0.3) is 0 Å². The van der Waals surface area contributed by atoms with Crippen molar-refractivity contribution in [3.05, 3.63) is 89.5 Å². The summed E-state index contributed by atoms with van der Waals surface area (Å²) in [4.78, 5) is -0.00747. The van der Waals surface area contributed by atoms with Crippen molar-refractivity contribution in [3.8, 4) is 11.4 Å². The lowest BCUT2D eigenvalue weighted by atomic mass is 10.1. The number of nitrogen functional groups attached to an aromatic ring is 1. The number of rotatable bonds is 7. The van der Waals surface area contributed by atoms with Gasteiger partial charge in [-0.15, -0.1) is 10.2 Å². The number of tetrazole rings is 1. The molecule has 164 valence electrons. The maximum absolute atomic E-state index is 14.7. The molecule has 0 unspecified atom stereocenters. The summed E-state index contributed by atoms with van der Waals surface area (Å²) in [5, 5.41) is 13.1. The molecule has 0 aliphatic carbocycles. The molecule has 8 nitrogen and oxygen atoms in total. The molecule has 11 heteroatoms. The first-order valence-corrected chi connectivity index (χ1v) is 10.9. The van der Waals surface area contributed by atoms with Crippen molar-refractivity contribution in [1.82, 2.24) is 24.9 Å². The van der Waals surface area contributed by atoms with Crippen molar-refractivity contribution in [2.45, 2.75) is 18.0 Å². The van der Waals surface area contributed by atoms with Crippen molar-refractivity contribution >= 4 is 15.7 Å². The zero-order valence-corrected chi connectivity index (χ0v) is 17.4. The molecule has 3 N–H and O–H groups in total. The summed E-state index contributed by atoms with van der Waals surface area (Å²) in [7, 11) is -4.05. The molecule has 0 aliphatic rings. The Balaban J connectivity index is 1.70. The molecule has 0 bridgehead atoms. The number of nitrogens with two attached hydrogens (primary N) is 1. The molecule has 0 fully saturated rings. The first-order valence-electron chi connectivity index (χ1n) is 9.46. The molecule has 1 aromatic heterocycles. The summed E-state index contributed by atoms with van der Waals surface area (Å²) in [5.41, 5.74) is 6.75. The number of anilines is 1. The number of nitrogens with zero attached hydrogens (tertiary/aromatic N) is 4. The molecule has 0 radical (unpaired) electrons. The molecule has 0 aliphatic heterocycles. The van der Waals surface area contributed by atoms with E-state index in [1.165, 1.54) is 54.6 Å². The summed E-state index contributed by atoms with van der Waals surface area (Å²) >= 11 is 0. The minimum atomic E-state index is -4.05. The van der Waals surface area contributed by atoms with Gasteiger partial charge in [-0.3, -0.25) is 0 Å². The van der Waals surface area contributed by atoms with Gasteiger partial charge in [-0.1, -0.05) is 24.3 Å². The van der Waals surface area contributed by atoms with Crippen LogP contribution < -0.4 is 5.73 Å². The van der Waals surface area contributed by atoms with Crippen molar-refractivity contribution in [1.29, 1.82) is 0 Å². The van der Waals surface area contributed by atoms with Gasteiger partial charge in [-0.05, 0) is 53.2 Å². The van der Waals surface area contributed by atoms with Crippen LogP contribution >= 0.6 is 0 Å². The highest BCUT2D eigenvalue weighted by Crippen LogP contribution is 2.25. The van der Waals surface area contributed by atoms with E-state index in [1.807, 2.05) is 0 Å².